The third kappa shape index (κ3) is 10.3. The van der Waals surface area contributed by atoms with Crippen LogP contribution in [0.3, 0.4) is 0 Å². The zero-order valence-electron chi connectivity index (χ0n) is 45.6. The molecular formula is C62H75ClN10O5S. The van der Waals surface area contributed by atoms with Gasteiger partial charge in [0.05, 0.1) is 74.2 Å². The number of benzene rings is 3. The Morgan fingerprint density at radius 1 is 0.886 bits per heavy atom. The van der Waals surface area contributed by atoms with Gasteiger partial charge in [-0.15, -0.1) is 16.4 Å². The molecule has 2 amide bonds. The Kier molecular flexibility index (Phi) is 15.1. The number of hydrogen-bond donors (Lipinski definition) is 2. The number of hydrogen-bond acceptors (Lipinski definition) is 12. The van der Waals surface area contributed by atoms with Gasteiger partial charge in [0, 0.05) is 57.8 Å². The van der Waals surface area contributed by atoms with E-state index in [-0.39, 0.29) is 53.6 Å². The number of carbonyl (C=O) groups is 2. The summed E-state index contributed by atoms with van der Waals surface area (Å²) in [6.07, 6.45) is 17.4. The smallest absolute Gasteiger partial charge is 0.282 e. The summed E-state index contributed by atoms with van der Waals surface area (Å²) in [5.74, 6) is 1.87. The molecule has 6 fully saturated rings. The lowest BCUT2D eigenvalue weighted by Gasteiger charge is -2.35. The van der Waals surface area contributed by atoms with E-state index >= 15 is 4.79 Å². The first-order chi connectivity index (χ1) is 38.6. The molecule has 3 saturated heterocycles. The molecule has 17 heteroatoms. The van der Waals surface area contributed by atoms with Crippen molar-refractivity contribution < 1.29 is 19.4 Å². The minimum Gasteiger partial charge on any atom is -0.391 e. The van der Waals surface area contributed by atoms with Gasteiger partial charge in [0.15, 0.2) is 0 Å². The molecule has 1 unspecified atom stereocenters. The van der Waals surface area contributed by atoms with Crippen LogP contribution in [-0.4, -0.2) is 132 Å². The van der Waals surface area contributed by atoms with Crippen LogP contribution in [0.5, 0.6) is 0 Å². The first kappa shape index (κ1) is 53.0. The zero-order chi connectivity index (χ0) is 53.8. The van der Waals surface area contributed by atoms with Crippen molar-refractivity contribution in [3.63, 3.8) is 0 Å². The van der Waals surface area contributed by atoms with Gasteiger partial charge < -0.3 is 25.0 Å². The molecule has 416 valence electrons. The number of amides is 2. The van der Waals surface area contributed by atoms with Gasteiger partial charge in [-0.2, -0.15) is 4.98 Å². The van der Waals surface area contributed by atoms with E-state index in [9.17, 15) is 14.7 Å². The molecule has 2 N–H and O–H groups in total. The number of aryl methyl sites for hydroxylation is 1. The second-order valence-electron chi connectivity index (χ2n) is 24.3. The van der Waals surface area contributed by atoms with Crippen molar-refractivity contribution in [2.45, 2.75) is 151 Å². The number of aliphatic hydroxyl groups excluding tert-OH is 1. The SMILES string of the molecule is Cc1ncsc1-c1ccc([C@H](CN2CCOCC2)NC(=O)[C@@H]2C[C@@H](O)CN2C(=O)[C@H](C2CCCCC2)n2cc(C3CCC(CN4CCC(c5ccc6c(c5)-n5c(nc(=O)c7c(Cl)cccc75)C65CCCCC5)C4)CC3)nn2)cc1. The van der Waals surface area contributed by atoms with Crippen molar-refractivity contribution in [1.82, 2.24) is 49.5 Å². The van der Waals surface area contributed by atoms with E-state index in [0.717, 1.165) is 161 Å². The van der Waals surface area contributed by atoms with E-state index in [4.69, 9.17) is 31.6 Å². The van der Waals surface area contributed by atoms with Gasteiger partial charge in [-0.1, -0.05) is 97.8 Å². The van der Waals surface area contributed by atoms with Gasteiger partial charge in [-0.05, 0) is 129 Å². The van der Waals surface area contributed by atoms with Crippen molar-refractivity contribution in [2.75, 3.05) is 59.0 Å². The summed E-state index contributed by atoms with van der Waals surface area (Å²) in [5, 5.41) is 25.1. The molecule has 6 aromatic rings. The summed E-state index contributed by atoms with van der Waals surface area (Å²) in [6, 6.07) is 19.6. The number of β-amino-alcohol motifs (C(OH)–C–C–N with tert-alkyl or cyclic N) is 1. The summed E-state index contributed by atoms with van der Waals surface area (Å²) in [6.45, 7) is 8.76. The van der Waals surface area contributed by atoms with Crippen LogP contribution in [0.25, 0.3) is 27.0 Å². The number of aliphatic hydroxyl groups is 1. The van der Waals surface area contributed by atoms with Crippen LogP contribution in [-0.2, 0) is 19.7 Å². The summed E-state index contributed by atoms with van der Waals surface area (Å²) < 4.78 is 9.77. The number of fused-ring (bicyclic) bond motifs is 7. The van der Waals surface area contributed by atoms with Crippen molar-refractivity contribution in [1.29, 1.82) is 0 Å². The number of thiazole rings is 1. The average Bonchev–Trinajstić information content (AvgIpc) is 3.46. The minimum atomic E-state index is -0.810. The van der Waals surface area contributed by atoms with Crippen molar-refractivity contribution >= 4 is 45.7 Å². The standard InChI is InChI=1S/C62H75ClN10O5S/c1-39-57(79-38-64-39)44-19-17-41(18-20-44)50(36-69-27-29-78-30-28-69)65-58(75)54-32-47(74)35-71(54)60(77)56(43-9-4-2-5-10-43)72-37-51(67-68-72)42-15-13-40(14-16-42)33-70-26-23-46(34-70)45-21-22-48-53(31-45)73-52-12-8-11-49(63)55(52)59(76)66-61(73)62(48)24-6-3-7-25-62/h8,11-12,17-22,31,37-38,40,42-43,46-47,50,54,56,74H,2-7,9-10,13-16,23-30,32-36H2,1H3,(H,65,75)/t40?,42?,46?,47-,50+,54+,56+/m1/s1. The molecule has 7 heterocycles. The summed E-state index contributed by atoms with van der Waals surface area (Å²) in [5.41, 5.74) is 10.1. The third-order valence-electron chi connectivity index (χ3n) is 19.5. The van der Waals surface area contributed by atoms with Crippen LogP contribution in [0.1, 0.15) is 161 Å². The molecule has 3 aromatic carbocycles. The fourth-order valence-corrected chi connectivity index (χ4v) is 16.4. The Balaban J connectivity index is 0.669. The van der Waals surface area contributed by atoms with Crippen molar-refractivity contribution in [3.8, 4) is 16.1 Å². The Hall–Kier alpha value is -5.36. The van der Waals surface area contributed by atoms with Crippen LogP contribution < -0.4 is 10.9 Å². The van der Waals surface area contributed by atoms with E-state index in [0.29, 0.717) is 42.0 Å². The lowest BCUT2D eigenvalue weighted by molar-refractivity contribution is -0.143. The van der Waals surface area contributed by atoms with E-state index < -0.39 is 18.2 Å². The fraction of sp³-hybridized carbons (Fsp3) is 0.565. The average molecular weight is 1110 g/mol. The maximum atomic E-state index is 15.2. The molecule has 3 saturated carbocycles. The van der Waals surface area contributed by atoms with Crippen LogP contribution in [0.2, 0.25) is 5.02 Å². The monoisotopic (exact) mass is 1110 g/mol. The van der Waals surface area contributed by atoms with E-state index in [1.165, 1.54) is 23.2 Å². The highest BCUT2D eigenvalue weighted by atomic mass is 35.5. The number of rotatable bonds is 13. The molecular weight excluding hydrogens is 1030 g/mol. The zero-order valence-corrected chi connectivity index (χ0v) is 47.2. The van der Waals surface area contributed by atoms with Crippen molar-refractivity contribution in [3.05, 3.63) is 122 Å². The minimum absolute atomic E-state index is 0.0648. The van der Waals surface area contributed by atoms with E-state index in [2.05, 4.69) is 67.1 Å². The number of carbonyl (C=O) groups excluding carboxylic acids is 2. The molecule has 5 atom stereocenters. The van der Waals surface area contributed by atoms with Gasteiger partial charge in [-0.3, -0.25) is 23.9 Å². The second-order valence-corrected chi connectivity index (χ2v) is 25.6. The maximum Gasteiger partial charge on any atom is 0.282 e. The van der Waals surface area contributed by atoms with Gasteiger partial charge in [-0.25, -0.2) is 9.67 Å². The second kappa shape index (κ2) is 22.5. The Labute approximate surface area is 472 Å². The van der Waals surface area contributed by atoms with Crippen molar-refractivity contribution in [2.24, 2.45) is 11.8 Å². The highest BCUT2D eigenvalue weighted by Crippen LogP contribution is 2.52. The quantitative estimate of drug-likeness (QED) is 0.113. The summed E-state index contributed by atoms with van der Waals surface area (Å²) >= 11 is 8.30. The van der Waals surface area contributed by atoms with E-state index in [1.54, 1.807) is 22.3 Å². The number of nitrogens with zero attached hydrogens (tertiary/aromatic N) is 9. The molecule has 79 heavy (non-hydrogen) atoms. The molecule has 3 aromatic heterocycles. The number of likely N-dealkylation sites (tertiary alicyclic amines) is 2. The molecule has 3 aliphatic carbocycles. The third-order valence-corrected chi connectivity index (χ3v) is 20.8. The molecule has 4 aliphatic heterocycles. The Morgan fingerprint density at radius 2 is 1.67 bits per heavy atom. The number of morpholine rings is 1. The number of nitrogens with one attached hydrogen (secondary N) is 1. The van der Waals surface area contributed by atoms with Crippen LogP contribution in [0.4, 0.5) is 0 Å². The topological polar surface area (TPSA) is 164 Å². The molecule has 1 spiro atoms. The molecule has 0 radical (unpaired) electrons. The van der Waals surface area contributed by atoms with Crippen LogP contribution in [0, 0.1) is 18.8 Å². The molecule has 15 nitrogen and oxygen atoms in total. The number of ether oxygens (including phenoxy) is 1. The Bertz CT molecular complexity index is 3240. The van der Waals surface area contributed by atoms with Crippen LogP contribution in [0.15, 0.2) is 77.2 Å². The maximum absolute atomic E-state index is 15.2. The van der Waals surface area contributed by atoms with Gasteiger partial charge in [0.2, 0.25) is 11.8 Å². The van der Waals surface area contributed by atoms with Crippen LogP contribution >= 0.6 is 22.9 Å². The largest absolute Gasteiger partial charge is 0.391 e. The van der Waals surface area contributed by atoms with Gasteiger partial charge in [0.25, 0.3) is 5.56 Å². The lowest BCUT2D eigenvalue weighted by atomic mass is 9.69. The molecule has 0 bridgehead atoms. The van der Waals surface area contributed by atoms with E-state index in [1.807, 2.05) is 35.4 Å². The normalized spacial score (nSPS) is 25.4. The summed E-state index contributed by atoms with van der Waals surface area (Å²) in [7, 11) is 0. The first-order valence-corrected chi connectivity index (χ1v) is 30.9. The molecule has 7 aliphatic rings. The van der Waals surface area contributed by atoms with Gasteiger partial charge >= 0.3 is 0 Å². The number of halogens is 1. The highest BCUT2D eigenvalue weighted by molar-refractivity contribution is 7.13. The Morgan fingerprint density at radius 3 is 2.44 bits per heavy atom. The predicted octanol–water partition coefficient (Wildman–Crippen LogP) is 9.66. The highest BCUT2D eigenvalue weighted by Gasteiger charge is 2.48. The lowest BCUT2D eigenvalue weighted by Crippen LogP contribution is -2.51. The first-order valence-electron chi connectivity index (χ1n) is 29.7. The van der Waals surface area contributed by atoms with Gasteiger partial charge in [0.1, 0.15) is 17.9 Å². The number of aromatic nitrogens is 6. The fourth-order valence-electron chi connectivity index (χ4n) is 15.3. The summed E-state index contributed by atoms with van der Waals surface area (Å²) in [4.78, 5) is 60.5. The predicted molar refractivity (Wildman–Crippen MR) is 307 cm³/mol. The molecule has 13 rings (SSSR count).